The molecule has 5 heteroatoms. The van der Waals surface area contributed by atoms with E-state index >= 15 is 0 Å². The number of carbonyl (C=O) groups is 2. The third-order valence-electron chi connectivity index (χ3n) is 1.92. The molecule has 0 heterocycles. The van der Waals surface area contributed by atoms with Crippen LogP contribution in [0.4, 0.5) is 0 Å². The van der Waals surface area contributed by atoms with E-state index in [1.54, 1.807) is 12.1 Å². The molecule has 16 heavy (non-hydrogen) atoms. The van der Waals surface area contributed by atoms with E-state index in [4.69, 9.17) is 24.3 Å². The summed E-state index contributed by atoms with van der Waals surface area (Å²) >= 11 is 5.74. The largest absolute Gasteiger partial charge is 0.370 e. The first-order chi connectivity index (χ1) is 7.50. The smallest absolute Gasteiger partial charge is 0.251 e. The normalized spacial score (nSPS) is 9.88. The van der Waals surface area contributed by atoms with Crippen LogP contribution in [0.3, 0.4) is 0 Å². The van der Waals surface area contributed by atoms with Gasteiger partial charge in [0.15, 0.2) is 0 Å². The van der Waals surface area contributed by atoms with Crippen LogP contribution in [0.5, 0.6) is 0 Å². The maximum absolute atomic E-state index is 11.6. The summed E-state index contributed by atoms with van der Waals surface area (Å²) < 4.78 is 0. The number of amides is 2. The van der Waals surface area contributed by atoms with Crippen LogP contribution in [0.1, 0.15) is 22.3 Å². The van der Waals surface area contributed by atoms with Gasteiger partial charge in [-0.1, -0.05) is 17.7 Å². The topological polar surface area (TPSA) is 72.2 Å². The number of nitrogens with two attached hydrogens (primary N) is 1. The van der Waals surface area contributed by atoms with E-state index in [-0.39, 0.29) is 24.4 Å². The number of benzene rings is 1. The van der Waals surface area contributed by atoms with Crippen LogP contribution in [-0.4, -0.2) is 18.4 Å². The minimum Gasteiger partial charge on any atom is -0.370 e. The molecule has 3 N–H and O–H groups in total. The Hall–Kier alpha value is -1.55. The van der Waals surface area contributed by atoms with Gasteiger partial charge in [0.2, 0.25) is 5.91 Å². The Labute approximate surface area is 98.8 Å². The van der Waals surface area contributed by atoms with E-state index < -0.39 is 5.91 Å². The summed E-state index contributed by atoms with van der Waals surface area (Å²) in [4.78, 5) is 22.1. The van der Waals surface area contributed by atoms with Crippen LogP contribution in [0.25, 0.3) is 0 Å². The Morgan fingerprint density at radius 1 is 1.44 bits per heavy atom. The maximum Gasteiger partial charge on any atom is 0.251 e. The number of hydrogen-bond acceptors (Lipinski definition) is 2. The van der Waals surface area contributed by atoms with Crippen molar-refractivity contribution in [2.75, 3.05) is 6.54 Å². The number of nitrogens with one attached hydrogen (secondary N) is 1. The summed E-state index contributed by atoms with van der Waals surface area (Å²) in [5.74, 6) is -0.847. The first-order valence-electron chi connectivity index (χ1n) is 4.62. The minimum atomic E-state index is -0.473. The van der Waals surface area contributed by atoms with Crippen molar-refractivity contribution in [2.45, 2.75) is 6.42 Å². The van der Waals surface area contributed by atoms with Crippen LogP contribution < -0.4 is 11.1 Å². The fourth-order valence-corrected chi connectivity index (χ4v) is 1.29. The van der Waals surface area contributed by atoms with Gasteiger partial charge in [-0.15, -0.1) is 0 Å². The molecule has 84 valence electrons. The molecule has 0 spiro atoms. The van der Waals surface area contributed by atoms with Crippen molar-refractivity contribution in [3.63, 3.8) is 0 Å². The molecular weight excluding hydrogens is 228 g/mol. The molecular formula is C11H11ClN2O2. The van der Waals surface area contributed by atoms with Crippen LogP contribution in [0, 0.1) is 6.92 Å². The van der Waals surface area contributed by atoms with Gasteiger partial charge < -0.3 is 11.1 Å². The molecule has 0 saturated heterocycles. The van der Waals surface area contributed by atoms with Crippen molar-refractivity contribution in [1.29, 1.82) is 0 Å². The van der Waals surface area contributed by atoms with Gasteiger partial charge in [-0.3, -0.25) is 9.59 Å². The van der Waals surface area contributed by atoms with Crippen molar-refractivity contribution < 1.29 is 9.59 Å². The lowest BCUT2D eigenvalue weighted by molar-refractivity contribution is -0.117. The SMILES string of the molecule is [CH]c1ccc(Cl)cc1C(=O)NCCC(N)=O. The molecule has 0 aliphatic heterocycles. The molecule has 0 aromatic heterocycles. The zero-order valence-corrected chi connectivity index (χ0v) is 9.25. The fourth-order valence-electron chi connectivity index (χ4n) is 1.12. The summed E-state index contributed by atoms with van der Waals surface area (Å²) in [7, 11) is 0. The van der Waals surface area contributed by atoms with E-state index in [0.29, 0.717) is 10.6 Å². The van der Waals surface area contributed by atoms with Crippen molar-refractivity contribution in [2.24, 2.45) is 5.73 Å². The number of hydrogen-bond donors (Lipinski definition) is 2. The zero-order valence-electron chi connectivity index (χ0n) is 8.50. The Balaban J connectivity index is 2.65. The lowest BCUT2D eigenvalue weighted by Gasteiger charge is -2.06. The van der Waals surface area contributed by atoms with E-state index in [2.05, 4.69) is 5.32 Å². The molecule has 0 unspecified atom stereocenters. The van der Waals surface area contributed by atoms with Gasteiger partial charge in [-0.05, 0) is 24.6 Å². The number of rotatable bonds is 4. The Morgan fingerprint density at radius 3 is 2.75 bits per heavy atom. The highest BCUT2D eigenvalue weighted by atomic mass is 35.5. The monoisotopic (exact) mass is 238 g/mol. The summed E-state index contributed by atoms with van der Waals surface area (Å²) in [5.41, 5.74) is 5.56. The highest BCUT2D eigenvalue weighted by molar-refractivity contribution is 6.31. The molecule has 1 aromatic rings. The number of carbonyl (C=O) groups excluding carboxylic acids is 2. The number of halogens is 1. The van der Waals surface area contributed by atoms with Gasteiger partial charge in [0, 0.05) is 23.6 Å². The highest BCUT2D eigenvalue weighted by Crippen LogP contribution is 2.15. The maximum atomic E-state index is 11.6. The van der Waals surface area contributed by atoms with Crippen LogP contribution in [-0.2, 0) is 4.79 Å². The molecule has 0 fully saturated rings. The minimum absolute atomic E-state index is 0.0895. The molecule has 0 saturated carbocycles. The fraction of sp³-hybridized carbons (Fsp3) is 0.182. The predicted octanol–water partition coefficient (Wildman–Crippen LogP) is 1.00. The zero-order chi connectivity index (χ0) is 12.1. The van der Waals surface area contributed by atoms with Gasteiger partial charge in [0.1, 0.15) is 0 Å². The van der Waals surface area contributed by atoms with Crippen molar-refractivity contribution >= 4 is 23.4 Å². The third kappa shape index (κ3) is 3.55. The second kappa shape index (κ2) is 5.51. The third-order valence-corrected chi connectivity index (χ3v) is 2.15. The Kier molecular flexibility index (Phi) is 4.31. The first kappa shape index (κ1) is 12.5. The van der Waals surface area contributed by atoms with Crippen molar-refractivity contribution in [3.8, 4) is 0 Å². The highest BCUT2D eigenvalue weighted by Gasteiger charge is 2.09. The molecule has 0 aliphatic carbocycles. The molecule has 4 nitrogen and oxygen atoms in total. The van der Waals surface area contributed by atoms with Crippen molar-refractivity contribution in [3.05, 3.63) is 41.3 Å². The second-order valence-corrected chi connectivity index (χ2v) is 3.64. The van der Waals surface area contributed by atoms with E-state index in [0.717, 1.165) is 0 Å². The van der Waals surface area contributed by atoms with E-state index in [1.165, 1.54) is 6.07 Å². The summed E-state index contributed by atoms with van der Waals surface area (Å²) in [5, 5.41) is 2.95. The predicted molar refractivity (Wildman–Crippen MR) is 61.0 cm³/mol. The number of primary amides is 1. The van der Waals surface area contributed by atoms with Crippen LogP contribution >= 0.6 is 11.6 Å². The second-order valence-electron chi connectivity index (χ2n) is 3.20. The average Bonchev–Trinajstić information content (AvgIpc) is 2.21. The lowest BCUT2D eigenvalue weighted by Crippen LogP contribution is -2.28. The quantitative estimate of drug-likeness (QED) is 0.822. The molecule has 2 radical (unpaired) electrons. The summed E-state index contributed by atoms with van der Waals surface area (Å²) in [6.07, 6.45) is 0.0895. The van der Waals surface area contributed by atoms with E-state index in [1.807, 2.05) is 0 Å². The average molecular weight is 239 g/mol. The van der Waals surface area contributed by atoms with Crippen LogP contribution in [0.15, 0.2) is 18.2 Å². The standard InChI is InChI=1S/C11H11ClN2O2/c1-7-2-3-8(12)6-9(7)11(16)14-5-4-10(13)15/h1-3,6H,4-5H2,(H2,13,15)(H,14,16). The van der Waals surface area contributed by atoms with Gasteiger partial charge in [-0.2, -0.15) is 0 Å². The molecule has 2 amide bonds. The molecule has 1 rings (SSSR count). The molecule has 0 atom stereocenters. The molecule has 0 bridgehead atoms. The van der Waals surface area contributed by atoms with E-state index in [9.17, 15) is 9.59 Å². The summed E-state index contributed by atoms with van der Waals surface area (Å²) in [6.45, 7) is 5.79. The van der Waals surface area contributed by atoms with Gasteiger partial charge in [0.05, 0.1) is 0 Å². The Morgan fingerprint density at radius 2 is 2.12 bits per heavy atom. The molecule has 0 aliphatic rings. The molecule has 1 aromatic carbocycles. The lowest BCUT2D eigenvalue weighted by atomic mass is 10.1. The van der Waals surface area contributed by atoms with Crippen molar-refractivity contribution in [1.82, 2.24) is 5.32 Å². The summed E-state index contributed by atoms with van der Waals surface area (Å²) in [6, 6.07) is 4.61. The van der Waals surface area contributed by atoms with Gasteiger partial charge >= 0.3 is 0 Å². The first-order valence-corrected chi connectivity index (χ1v) is 5.00. The Bertz CT molecular complexity index is 418. The van der Waals surface area contributed by atoms with Gasteiger partial charge in [0.25, 0.3) is 5.91 Å². The van der Waals surface area contributed by atoms with Crippen LogP contribution in [0.2, 0.25) is 5.02 Å². The van der Waals surface area contributed by atoms with Gasteiger partial charge in [-0.25, -0.2) is 0 Å².